The highest BCUT2D eigenvalue weighted by atomic mass is 19.1. The molecule has 2 nitrogen and oxygen atoms in total. The maximum atomic E-state index is 13.1. The number of phenolic OH excluding ortho intramolecular Hbond substituents is 1. The van der Waals surface area contributed by atoms with Crippen molar-refractivity contribution in [2.45, 2.75) is 26.7 Å². The van der Waals surface area contributed by atoms with Crippen LogP contribution >= 0.6 is 0 Å². The number of halogens is 1. The zero-order valence-corrected chi connectivity index (χ0v) is 9.13. The number of phenols is 1. The van der Waals surface area contributed by atoms with Crippen molar-refractivity contribution in [2.75, 3.05) is 6.54 Å². The molecule has 0 atom stereocenters. The van der Waals surface area contributed by atoms with Gasteiger partial charge < -0.3 is 5.11 Å². The van der Waals surface area contributed by atoms with Crippen LogP contribution in [0.2, 0.25) is 0 Å². The van der Waals surface area contributed by atoms with Gasteiger partial charge in [0.25, 0.3) is 0 Å². The van der Waals surface area contributed by atoms with Gasteiger partial charge in [0.05, 0.1) is 0 Å². The topological polar surface area (TPSA) is 32.6 Å². The molecule has 0 saturated heterocycles. The highest BCUT2D eigenvalue weighted by Gasteiger charge is 2.05. The average molecular weight is 209 g/mol. The fraction of sp³-hybridized carbons (Fsp3) is 0.417. The van der Waals surface area contributed by atoms with E-state index in [1.54, 1.807) is 13.0 Å². The zero-order chi connectivity index (χ0) is 11.3. The molecule has 1 aromatic carbocycles. The zero-order valence-electron chi connectivity index (χ0n) is 9.13. The van der Waals surface area contributed by atoms with Crippen LogP contribution in [0.1, 0.15) is 30.9 Å². The van der Waals surface area contributed by atoms with E-state index in [4.69, 9.17) is 0 Å². The van der Waals surface area contributed by atoms with Crippen molar-refractivity contribution in [3.8, 4) is 5.75 Å². The first-order chi connectivity index (χ1) is 7.15. The SMILES string of the molecule is CCCCN=Cc1cc(C)cc(F)c1O. The molecule has 0 fully saturated rings. The van der Waals surface area contributed by atoms with Crippen LogP contribution in [-0.4, -0.2) is 17.9 Å². The third-order valence-electron chi connectivity index (χ3n) is 2.11. The molecule has 15 heavy (non-hydrogen) atoms. The van der Waals surface area contributed by atoms with E-state index in [1.165, 1.54) is 12.3 Å². The maximum Gasteiger partial charge on any atom is 0.165 e. The third-order valence-corrected chi connectivity index (χ3v) is 2.11. The quantitative estimate of drug-likeness (QED) is 0.600. The summed E-state index contributed by atoms with van der Waals surface area (Å²) >= 11 is 0. The molecule has 0 aliphatic heterocycles. The van der Waals surface area contributed by atoms with Gasteiger partial charge in [-0.25, -0.2) is 4.39 Å². The minimum absolute atomic E-state index is 0.319. The van der Waals surface area contributed by atoms with Crippen molar-refractivity contribution in [3.63, 3.8) is 0 Å². The molecule has 0 aromatic heterocycles. The number of benzene rings is 1. The predicted octanol–water partition coefficient (Wildman–Crippen LogP) is 3.06. The van der Waals surface area contributed by atoms with Gasteiger partial charge in [-0.15, -0.1) is 0 Å². The van der Waals surface area contributed by atoms with E-state index < -0.39 is 5.82 Å². The summed E-state index contributed by atoms with van der Waals surface area (Å²) in [4.78, 5) is 4.12. The summed E-state index contributed by atoms with van der Waals surface area (Å²) in [5, 5.41) is 9.41. The van der Waals surface area contributed by atoms with Crippen molar-refractivity contribution >= 4 is 6.21 Å². The second kappa shape index (κ2) is 5.49. The lowest BCUT2D eigenvalue weighted by molar-refractivity contribution is 0.431. The largest absolute Gasteiger partial charge is 0.504 e. The van der Waals surface area contributed by atoms with Crippen molar-refractivity contribution in [1.82, 2.24) is 0 Å². The fourth-order valence-electron chi connectivity index (χ4n) is 1.27. The van der Waals surface area contributed by atoms with Crippen molar-refractivity contribution in [1.29, 1.82) is 0 Å². The Morgan fingerprint density at radius 3 is 2.87 bits per heavy atom. The van der Waals surface area contributed by atoms with Gasteiger partial charge in [0.15, 0.2) is 11.6 Å². The number of hydrogen-bond donors (Lipinski definition) is 1. The van der Waals surface area contributed by atoms with Gasteiger partial charge in [0.1, 0.15) is 0 Å². The number of aliphatic imine (C=N–C) groups is 1. The van der Waals surface area contributed by atoms with E-state index in [0.29, 0.717) is 12.1 Å². The minimum atomic E-state index is -0.591. The summed E-state index contributed by atoms with van der Waals surface area (Å²) in [7, 11) is 0. The van der Waals surface area contributed by atoms with Crippen molar-refractivity contribution < 1.29 is 9.50 Å². The molecule has 1 N–H and O–H groups in total. The van der Waals surface area contributed by atoms with Gasteiger partial charge in [-0.1, -0.05) is 13.3 Å². The van der Waals surface area contributed by atoms with E-state index in [1.807, 2.05) is 0 Å². The smallest absolute Gasteiger partial charge is 0.165 e. The number of hydrogen-bond acceptors (Lipinski definition) is 2. The van der Waals surface area contributed by atoms with Crippen LogP contribution in [0.15, 0.2) is 17.1 Å². The van der Waals surface area contributed by atoms with Gasteiger partial charge in [0, 0.05) is 18.3 Å². The molecular weight excluding hydrogens is 193 g/mol. The van der Waals surface area contributed by atoms with Crippen molar-refractivity contribution in [2.24, 2.45) is 4.99 Å². The molecule has 82 valence electrons. The van der Waals surface area contributed by atoms with E-state index in [9.17, 15) is 9.50 Å². The molecule has 0 aliphatic rings. The lowest BCUT2D eigenvalue weighted by Gasteiger charge is -2.02. The van der Waals surface area contributed by atoms with Gasteiger partial charge in [-0.2, -0.15) is 0 Å². The summed E-state index contributed by atoms with van der Waals surface area (Å²) in [5.41, 5.74) is 1.23. The first-order valence-corrected chi connectivity index (χ1v) is 5.14. The number of unbranched alkanes of at least 4 members (excludes halogenated alkanes) is 1. The van der Waals surface area contributed by atoms with Crippen LogP contribution in [-0.2, 0) is 0 Å². The number of rotatable bonds is 4. The Morgan fingerprint density at radius 1 is 1.47 bits per heavy atom. The second-order valence-electron chi connectivity index (χ2n) is 3.57. The molecule has 0 aliphatic carbocycles. The van der Waals surface area contributed by atoms with Crippen molar-refractivity contribution in [3.05, 3.63) is 29.1 Å². The monoisotopic (exact) mass is 209 g/mol. The summed E-state index contributed by atoms with van der Waals surface area (Å²) in [6.45, 7) is 4.58. The summed E-state index contributed by atoms with van der Waals surface area (Å²) < 4.78 is 13.1. The number of aryl methyl sites for hydroxylation is 1. The fourth-order valence-corrected chi connectivity index (χ4v) is 1.27. The van der Waals surface area contributed by atoms with Gasteiger partial charge in [-0.05, 0) is 31.0 Å². The molecule has 0 spiro atoms. The summed E-state index contributed by atoms with van der Waals surface area (Å²) in [5.74, 6) is -0.909. The summed E-state index contributed by atoms with van der Waals surface area (Å²) in [6.07, 6.45) is 3.61. The molecule has 0 radical (unpaired) electrons. The van der Waals surface area contributed by atoms with Crippen LogP contribution in [0, 0.1) is 12.7 Å². The van der Waals surface area contributed by atoms with Gasteiger partial charge in [-0.3, -0.25) is 4.99 Å². The standard InChI is InChI=1S/C12H16FNO/c1-3-4-5-14-8-10-6-9(2)7-11(13)12(10)15/h6-8,15H,3-5H2,1-2H3. The molecule has 3 heteroatoms. The molecule has 0 bridgehead atoms. The van der Waals surface area contributed by atoms with Crippen LogP contribution in [0.3, 0.4) is 0 Å². The predicted molar refractivity (Wildman–Crippen MR) is 60.2 cm³/mol. The third kappa shape index (κ3) is 3.35. The first-order valence-electron chi connectivity index (χ1n) is 5.14. The van der Waals surface area contributed by atoms with E-state index in [0.717, 1.165) is 18.4 Å². The molecule has 0 saturated carbocycles. The highest BCUT2D eigenvalue weighted by Crippen LogP contribution is 2.21. The Labute approximate surface area is 89.5 Å². The Hall–Kier alpha value is -1.38. The minimum Gasteiger partial charge on any atom is -0.504 e. The van der Waals surface area contributed by atoms with Crippen LogP contribution in [0.25, 0.3) is 0 Å². The number of nitrogens with zero attached hydrogens (tertiary/aromatic N) is 1. The molecule has 1 aromatic rings. The Kier molecular flexibility index (Phi) is 4.28. The van der Waals surface area contributed by atoms with Gasteiger partial charge in [0.2, 0.25) is 0 Å². The molecule has 1 rings (SSSR count). The maximum absolute atomic E-state index is 13.1. The van der Waals surface area contributed by atoms with Gasteiger partial charge >= 0.3 is 0 Å². The van der Waals surface area contributed by atoms with Crippen LogP contribution in [0.4, 0.5) is 4.39 Å². The lowest BCUT2D eigenvalue weighted by Crippen LogP contribution is -1.90. The molecular formula is C12H16FNO. The normalized spacial score (nSPS) is 11.1. The number of aromatic hydroxyl groups is 1. The van der Waals surface area contributed by atoms with E-state index in [2.05, 4.69) is 11.9 Å². The average Bonchev–Trinajstić information content (AvgIpc) is 2.19. The highest BCUT2D eigenvalue weighted by molar-refractivity contribution is 5.83. The Balaban J connectivity index is 2.80. The molecule has 0 unspecified atom stereocenters. The van der Waals surface area contributed by atoms with E-state index in [-0.39, 0.29) is 5.75 Å². The molecule has 0 amide bonds. The van der Waals surface area contributed by atoms with Crippen LogP contribution in [0.5, 0.6) is 5.75 Å². The first kappa shape index (κ1) is 11.7. The summed E-state index contributed by atoms with van der Waals surface area (Å²) in [6, 6.07) is 3.02. The molecule has 0 heterocycles. The van der Waals surface area contributed by atoms with Crippen LogP contribution < -0.4 is 0 Å². The second-order valence-corrected chi connectivity index (χ2v) is 3.57. The Morgan fingerprint density at radius 2 is 2.20 bits per heavy atom. The Bertz CT molecular complexity index is 361. The lowest BCUT2D eigenvalue weighted by atomic mass is 10.1. The van der Waals surface area contributed by atoms with E-state index >= 15 is 0 Å².